The van der Waals surface area contributed by atoms with Crippen LogP contribution in [0.3, 0.4) is 0 Å². The Morgan fingerprint density at radius 1 is 0.839 bits per heavy atom. The molecule has 0 aliphatic heterocycles. The van der Waals surface area contributed by atoms with Crippen molar-refractivity contribution in [3.05, 3.63) is 83.4 Å². The van der Waals surface area contributed by atoms with Gasteiger partial charge in [-0.15, -0.1) is 0 Å². The predicted molar refractivity (Wildman–Crippen MR) is 127 cm³/mol. The molecule has 168 valence electrons. The Bertz CT molecular complexity index is 843. The normalized spacial score (nSPS) is 21.9. The Balaban J connectivity index is 1.69. The quantitative estimate of drug-likeness (QED) is 0.414. The van der Waals surface area contributed by atoms with Gasteiger partial charge >= 0.3 is 0 Å². The van der Waals surface area contributed by atoms with Crippen LogP contribution in [0, 0.1) is 0 Å². The monoisotopic (exact) mass is 440 g/mol. The molecule has 0 bridgehead atoms. The summed E-state index contributed by atoms with van der Waals surface area (Å²) in [7, 11) is -2.04. The van der Waals surface area contributed by atoms with Crippen LogP contribution in [0.1, 0.15) is 31.9 Å². The minimum Gasteiger partial charge on any atom is -0.408 e. The third kappa shape index (κ3) is 6.37. The van der Waals surface area contributed by atoms with E-state index in [1.165, 1.54) is 0 Å². The van der Waals surface area contributed by atoms with E-state index in [1.54, 1.807) is 0 Å². The van der Waals surface area contributed by atoms with Crippen LogP contribution in [0.4, 0.5) is 0 Å². The lowest BCUT2D eigenvalue weighted by atomic mass is 10.1. The van der Waals surface area contributed by atoms with Crippen LogP contribution >= 0.6 is 0 Å². The van der Waals surface area contributed by atoms with Gasteiger partial charge in [-0.1, -0.05) is 87.5 Å². The summed E-state index contributed by atoms with van der Waals surface area (Å²) in [5.74, 6) is 0. The smallest absolute Gasteiger partial charge is 0.193 e. The predicted octanol–water partition coefficient (Wildman–Crippen LogP) is 5.48. The molecule has 3 rings (SSSR count). The summed E-state index contributed by atoms with van der Waals surface area (Å²) >= 11 is 0. The fourth-order valence-corrected chi connectivity index (χ4v) is 4.60. The SMILES string of the molecule is CC(C)(C)[Si](C)(C)O[C@@H]1C=C(COCc2ccccc2)[C@H](O)[C@@H]1OCc1ccccc1. The highest BCUT2D eigenvalue weighted by Gasteiger charge is 2.45. The summed E-state index contributed by atoms with van der Waals surface area (Å²) in [4.78, 5) is 0. The van der Waals surface area contributed by atoms with Gasteiger partial charge < -0.3 is 19.0 Å². The van der Waals surface area contributed by atoms with E-state index < -0.39 is 20.5 Å². The van der Waals surface area contributed by atoms with Crippen molar-refractivity contribution in [2.24, 2.45) is 0 Å². The first-order chi connectivity index (χ1) is 14.7. The number of aliphatic hydroxyl groups excluding tert-OH is 1. The zero-order valence-corrected chi connectivity index (χ0v) is 20.4. The molecule has 0 saturated carbocycles. The van der Waals surface area contributed by atoms with Crippen molar-refractivity contribution < 1.29 is 19.0 Å². The molecule has 3 atom stereocenters. The molecule has 0 spiro atoms. The number of aliphatic hydroxyl groups is 1. The van der Waals surface area contributed by atoms with Gasteiger partial charge in [0.25, 0.3) is 0 Å². The third-order valence-electron chi connectivity index (χ3n) is 6.30. The van der Waals surface area contributed by atoms with Gasteiger partial charge in [-0.05, 0) is 34.8 Å². The van der Waals surface area contributed by atoms with Gasteiger partial charge in [-0.25, -0.2) is 0 Å². The molecular formula is C26H36O4Si. The lowest BCUT2D eigenvalue weighted by Crippen LogP contribution is -2.47. The number of hydrogen-bond donors (Lipinski definition) is 1. The molecule has 0 fully saturated rings. The van der Waals surface area contributed by atoms with E-state index >= 15 is 0 Å². The fourth-order valence-electron chi connectivity index (χ4n) is 3.36. The van der Waals surface area contributed by atoms with Crippen molar-refractivity contribution in [3.8, 4) is 0 Å². The van der Waals surface area contributed by atoms with Crippen LogP contribution in [-0.4, -0.2) is 38.3 Å². The first-order valence-electron chi connectivity index (χ1n) is 11.0. The average molecular weight is 441 g/mol. The molecular weight excluding hydrogens is 404 g/mol. The van der Waals surface area contributed by atoms with Gasteiger partial charge in [0.2, 0.25) is 0 Å². The minimum absolute atomic E-state index is 0.0718. The molecule has 4 nitrogen and oxygen atoms in total. The topological polar surface area (TPSA) is 47.9 Å². The van der Waals surface area contributed by atoms with Crippen molar-refractivity contribution in [2.75, 3.05) is 6.61 Å². The summed E-state index contributed by atoms with van der Waals surface area (Å²) in [6, 6.07) is 20.1. The molecule has 2 aromatic carbocycles. The van der Waals surface area contributed by atoms with Crippen molar-refractivity contribution in [3.63, 3.8) is 0 Å². The third-order valence-corrected chi connectivity index (χ3v) is 10.8. The molecule has 1 aliphatic rings. The number of ether oxygens (including phenoxy) is 2. The second-order valence-corrected chi connectivity index (χ2v) is 14.5. The highest BCUT2D eigenvalue weighted by atomic mass is 28.4. The van der Waals surface area contributed by atoms with Gasteiger partial charge in [0, 0.05) is 0 Å². The molecule has 2 aromatic rings. The molecule has 0 aromatic heterocycles. The van der Waals surface area contributed by atoms with Crippen molar-refractivity contribution in [1.82, 2.24) is 0 Å². The molecule has 31 heavy (non-hydrogen) atoms. The summed E-state index contributed by atoms with van der Waals surface area (Å²) in [5, 5.41) is 11.1. The molecule has 1 aliphatic carbocycles. The molecule has 0 amide bonds. The van der Waals surface area contributed by atoms with Gasteiger partial charge in [-0.2, -0.15) is 0 Å². The van der Waals surface area contributed by atoms with Crippen LogP contribution < -0.4 is 0 Å². The maximum absolute atomic E-state index is 11.1. The van der Waals surface area contributed by atoms with Crippen molar-refractivity contribution >= 4 is 8.32 Å². The number of rotatable bonds is 9. The van der Waals surface area contributed by atoms with E-state index in [0.717, 1.165) is 16.7 Å². The average Bonchev–Trinajstić information content (AvgIpc) is 3.01. The minimum atomic E-state index is -2.04. The Labute approximate surface area is 188 Å². The van der Waals surface area contributed by atoms with Crippen molar-refractivity contribution in [2.45, 2.75) is 70.4 Å². The highest BCUT2D eigenvalue weighted by Crippen LogP contribution is 2.40. The lowest BCUT2D eigenvalue weighted by Gasteiger charge is -2.39. The number of benzene rings is 2. The van der Waals surface area contributed by atoms with Crippen LogP contribution in [0.15, 0.2) is 72.3 Å². The first kappa shape index (κ1) is 23.9. The van der Waals surface area contributed by atoms with E-state index in [9.17, 15) is 5.11 Å². The zero-order valence-electron chi connectivity index (χ0n) is 19.4. The largest absolute Gasteiger partial charge is 0.408 e. The second-order valence-electron chi connectivity index (χ2n) is 9.77. The van der Waals surface area contributed by atoms with Crippen LogP contribution in [0.2, 0.25) is 18.1 Å². The second kappa shape index (κ2) is 10.2. The van der Waals surface area contributed by atoms with E-state index in [1.807, 2.05) is 66.7 Å². The van der Waals surface area contributed by atoms with Crippen LogP contribution in [0.5, 0.6) is 0 Å². The Morgan fingerprint density at radius 2 is 1.39 bits per heavy atom. The Hall–Kier alpha value is -1.76. The van der Waals surface area contributed by atoms with Gasteiger partial charge in [-0.3, -0.25) is 0 Å². The standard InChI is InChI=1S/C26H36O4Si/c1-26(2,3)31(4,5)30-23-16-22(19-28-17-20-12-8-6-9-13-20)24(27)25(23)29-18-21-14-10-7-11-15-21/h6-16,23-25,27H,17-19H2,1-5H3/t23-,24+,25-/m1/s1. The summed E-state index contributed by atoms with van der Waals surface area (Å²) in [5.41, 5.74) is 3.02. The molecule has 5 heteroatoms. The molecule has 0 saturated heterocycles. The maximum Gasteiger partial charge on any atom is 0.193 e. The van der Waals surface area contributed by atoms with E-state index in [0.29, 0.717) is 19.8 Å². The van der Waals surface area contributed by atoms with Gasteiger partial charge in [0.05, 0.1) is 25.9 Å². The van der Waals surface area contributed by atoms with Crippen LogP contribution in [0.25, 0.3) is 0 Å². The van der Waals surface area contributed by atoms with E-state index in [2.05, 4.69) is 33.9 Å². The summed E-state index contributed by atoms with van der Waals surface area (Å²) < 4.78 is 18.8. The van der Waals surface area contributed by atoms with Crippen LogP contribution in [-0.2, 0) is 27.1 Å². The van der Waals surface area contributed by atoms with Gasteiger partial charge in [0.15, 0.2) is 8.32 Å². The Kier molecular flexibility index (Phi) is 7.89. The highest BCUT2D eigenvalue weighted by molar-refractivity contribution is 6.74. The molecule has 0 radical (unpaired) electrons. The molecule has 1 N–H and O–H groups in total. The van der Waals surface area contributed by atoms with Gasteiger partial charge in [0.1, 0.15) is 12.2 Å². The number of hydrogen-bond acceptors (Lipinski definition) is 4. The molecule has 0 unspecified atom stereocenters. The summed E-state index contributed by atoms with van der Waals surface area (Å²) in [6.07, 6.45) is 0.556. The fraction of sp³-hybridized carbons (Fsp3) is 0.462. The lowest BCUT2D eigenvalue weighted by molar-refractivity contribution is -0.0680. The first-order valence-corrected chi connectivity index (χ1v) is 13.9. The van der Waals surface area contributed by atoms with E-state index in [4.69, 9.17) is 13.9 Å². The Morgan fingerprint density at radius 3 is 1.94 bits per heavy atom. The molecule has 0 heterocycles. The zero-order chi connectivity index (χ0) is 22.5. The van der Waals surface area contributed by atoms with E-state index in [-0.39, 0.29) is 11.1 Å². The maximum atomic E-state index is 11.1. The summed E-state index contributed by atoms with van der Waals surface area (Å²) in [6.45, 7) is 12.4. The van der Waals surface area contributed by atoms with Crippen molar-refractivity contribution in [1.29, 1.82) is 0 Å².